The van der Waals surface area contributed by atoms with Crippen molar-refractivity contribution in [1.29, 1.82) is 5.26 Å². The van der Waals surface area contributed by atoms with E-state index >= 15 is 0 Å². The molecule has 92 valence electrons. The van der Waals surface area contributed by atoms with Crippen LogP contribution in [0, 0.1) is 11.3 Å². The summed E-state index contributed by atoms with van der Waals surface area (Å²) in [5.74, 6) is 0.307. The molecular formula is C13H9N5O. The van der Waals surface area contributed by atoms with Crippen LogP contribution in [-0.2, 0) is 7.05 Å². The Hall–Kier alpha value is -2.94. The van der Waals surface area contributed by atoms with Crippen LogP contribution in [0.1, 0.15) is 5.56 Å². The molecule has 0 aliphatic carbocycles. The lowest BCUT2D eigenvalue weighted by Gasteiger charge is -2.03. The Morgan fingerprint density at radius 2 is 2.16 bits per heavy atom. The van der Waals surface area contributed by atoms with E-state index in [1.807, 2.05) is 24.3 Å². The summed E-state index contributed by atoms with van der Waals surface area (Å²) in [4.78, 5) is 8.28. The van der Waals surface area contributed by atoms with E-state index in [9.17, 15) is 0 Å². The van der Waals surface area contributed by atoms with Gasteiger partial charge in [-0.15, -0.1) is 5.10 Å². The summed E-state index contributed by atoms with van der Waals surface area (Å²) in [5.41, 5.74) is 1.21. The number of fused-ring (bicyclic) bond motifs is 1. The van der Waals surface area contributed by atoms with E-state index in [4.69, 9.17) is 10.00 Å². The first kappa shape index (κ1) is 11.2. The largest absolute Gasteiger partial charge is 0.404 e. The Kier molecular flexibility index (Phi) is 2.58. The third kappa shape index (κ3) is 2.09. The van der Waals surface area contributed by atoms with E-state index in [1.165, 1.54) is 11.0 Å². The number of nitrogens with zero attached hydrogens (tertiary/aromatic N) is 5. The molecule has 0 radical (unpaired) electrons. The molecule has 6 heteroatoms. The first-order valence-corrected chi connectivity index (χ1v) is 5.59. The highest BCUT2D eigenvalue weighted by Gasteiger charge is 2.08. The van der Waals surface area contributed by atoms with Gasteiger partial charge in [0.05, 0.1) is 11.1 Å². The minimum absolute atomic E-state index is 0.203. The Labute approximate surface area is 108 Å². The number of hydrogen-bond donors (Lipinski definition) is 0. The predicted molar refractivity (Wildman–Crippen MR) is 67.5 cm³/mol. The van der Waals surface area contributed by atoms with Gasteiger partial charge in [0.15, 0.2) is 0 Å². The van der Waals surface area contributed by atoms with Gasteiger partial charge in [0.1, 0.15) is 12.4 Å². The van der Waals surface area contributed by atoms with E-state index < -0.39 is 0 Å². The number of pyridine rings is 1. The molecule has 3 rings (SSSR count). The van der Waals surface area contributed by atoms with Crippen molar-refractivity contribution in [2.24, 2.45) is 7.05 Å². The molecule has 0 aliphatic rings. The van der Waals surface area contributed by atoms with Crippen molar-refractivity contribution in [1.82, 2.24) is 19.7 Å². The fraction of sp³-hybridized carbons (Fsp3) is 0.0769. The van der Waals surface area contributed by atoms with Crippen molar-refractivity contribution in [3.8, 4) is 18.0 Å². The number of aryl methyl sites for hydroxylation is 1. The number of ether oxygens (including phenoxy) is 1. The van der Waals surface area contributed by atoms with Gasteiger partial charge in [0.25, 0.3) is 0 Å². The van der Waals surface area contributed by atoms with E-state index in [-0.39, 0.29) is 6.01 Å². The molecule has 0 bridgehead atoms. The van der Waals surface area contributed by atoms with Crippen molar-refractivity contribution < 1.29 is 4.74 Å². The average molecular weight is 251 g/mol. The third-order valence-electron chi connectivity index (χ3n) is 2.59. The van der Waals surface area contributed by atoms with Crippen molar-refractivity contribution in [3.63, 3.8) is 0 Å². The SMILES string of the molecule is Cn1cnc(Oc2cc(C#N)c3ccccc3n2)n1. The Bertz CT molecular complexity index is 787. The summed E-state index contributed by atoms with van der Waals surface area (Å²) < 4.78 is 6.97. The molecular weight excluding hydrogens is 242 g/mol. The van der Waals surface area contributed by atoms with Crippen molar-refractivity contribution in [2.75, 3.05) is 0 Å². The van der Waals surface area contributed by atoms with Crippen molar-refractivity contribution in [3.05, 3.63) is 42.2 Å². The van der Waals surface area contributed by atoms with Gasteiger partial charge in [-0.05, 0) is 6.07 Å². The summed E-state index contributed by atoms with van der Waals surface area (Å²) in [6.45, 7) is 0. The first-order chi connectivity index (χ1) is 9.26. The Morgan fingerprint density at radius 3 is 2.89 bits per heavy atom. The second-order valence-electron chi connectivity index (χ2n) is 3.94. The molecule has 0 unspecified atom stereocenters. The molecule has 0 N–H and O–H groups in total. The topological polar surface area (TPSA) is 76.6 Å². The molecule has 19 heavy (non-hydrogen) atoms. The number of para-hydroxylation sites is 1. The maximum Gasteiger partial charge on any atom is 0.342 e. The molecule has 0 atom stereocenters. The second kappa shape index (κ2) is 4.38. The van der Waals surface area contributed by atoms with Gasteiger partial charge >= 0.3 is 6.01 Å². The lowest BCUT2D eigenvalue weighted by molar-refractivity contribution is 0.424. The molecule has 0 aliphatic heterocycles. The minimum atomic E-state index is 0.203. The molecule has 0 spiro atoms. The van der Waals surface area contributed by atoms with Crippen LogP contribution in [0.25, 0.3) is 10.9 Å². The standard InChI is InChI=1S/C13H9N5O/c1-18-8-15-13(17-18)19-12-6-9(7-14)10-4-2-3-5-11(10)16-12/h2-6,8H,1H3. The number of aromatic nitrogens is 4. The molecule has 0 amide bonds. The molecule has 1 aromatic carbocycles. The molecule has 0 saturated heterocycles. The number of nitriles is 1. The molecule has 2 aromatic heterocycles. The highest BCUT2D eigenvalue weighted by atomic mass is 16.5. The van der Waals surface area contributed by atoms with Gasteiger partial charge in [-0.25, -0.2) is 4.98 Å². The zero-order valence-electron chi connectivity index (χ0n) is 10.1. The van der Waals surface area contributed by atoms with E-state index in [0.29, 0.717) is 17.0 Å². The van der Waals surface area contributed by atoms with Crippen LogP contribution in [0.15, 0.2) is 36.7 Å². The fourth-order valence-electron chi connectivity index (χ4n) is 1.76. The van der Waals surface area contributed by atoms with E-state index in [1.54, 1.807) is 13.1 Å². The van der Waals surface area contributed by atoms with Crippen LogP contribution in [0.2, 0.25) is 0 Å². The van der Waals surface area contributed by atoms with Gasteiger partial charge < -0.3 is 4.74 Å². The highest BCUT2D eigenvalue weighted by Crippen LogP contribution is 2.23. The maximum absolute atomic E-state index is 9.16. The minimum Gasteiger partial charge on any atom is -0.404 e. The van der Waals surface area contributed by atoms with Crippen LogP contribution >= 0.6 is 0 Å². The maximum atomic E-state index is 9.16. The molecule has 0 fully saturated rings. The quantitative estimate of drug-likeness (QED) is 0.696. The summed E-state index contributed by atoms with van der Waals surface area (Å²) in [5, 5.41) is 14.0. The van der Waals surface area contributed by atoms with Crippen LogP contribution < -0.4 is 4.74 Å². The zero-order chi connectivity index (χ0) is 13.2. The van der Waals surface area contributed by atoms with Crippen molar-refractivity contribution in [2.45, 2.75) is 0 Å². The summed E-state index contributed by atoms with van der Waals surface area (Å²) in [6, 6.07) is 11.3. The third-order valence-corrected chi connectivity index (χ3v) is 2.59. The molecule has 3 aromatic rings. The lowest BCUT2D eigenvalue weighted by atomic mass is 10.1. The van der Waals surface area contributed by atoms with Gasteiger partial charge in [-0.1, -0.05) is 18.2 Å². The van der Waals surface area contributed by atoms with E-state index in [2.05, 4.69) is 21.1 Å². The lowest BCUT2D eigenvalue weighted by Crippen LogP contribution is -1.94. The van der Waals surface area contributed by atoms with Gasteiger partial charge in [-0.2, -0.15) is 10.2 Å². The van der Waals surface area contributed by atoms with Crippen LogP contribution in [-0.4, -0.2) is 19.7 Å². The van der Waals surface area contributed by atoms with Gasteiger partial charge in [0.2, 0.25) is 5.88 Å². The second-order valence-corrected chi connectivity index (χ2v) is 3.94. The summed E-state index contributed by atoms with van der Waals surface area (Å²) in [6.07, 6.45) is 1.53. The molecule has 2 heterocycles. The Balaban J connectivity index is 2.07. The monoisotopic (exact) mass is 251 g/mol. The highest BCUT2D eigenvalue weighted by molar-refractivity contribution is 5.85. The first-order valence-electron chi connectivity index (χ1n) is 5.59. The molecule has 0 saturated carbocycles. The predicted octanol–water partition coefficient (Wildman–Crippen LogP) is 2.03. The van der Waals surface area contributed by atoms with Crippen LogP contribution in [0.4, 0.5) is 0 Å². The summed E-state index contributed by atoms with van der Waals surface area (Å²) in [7, 11) is 1.74. The van der Waals surface area contributed by atoms with Crippen LogP contribution in [0.5, 0.6) is 11.9 Å². The fourth-order valence-corrected chi connectivity index (χ4v) is 1.76. The van der Waals surface area contributed by atoms with Gasteiger partial charge in [0, 0.05) is 18.5 Å². The Morgan fingerprint density at radius 1 is 1.32 bits per heavy atom. The number of hydrogen-bond acceptors (Lipinski definition) is 5. The normalized spacial score (nSPS) is 10.3. The van der Waals surface area contributed by atoms with Crippen LogP contribution in [0.3, 0.4) is 0 Å². The average Bonchev–Trinajstić information content (AvgIpc) is 2.83. The summed E-state index contributed by atoms with van der Waals surface area (Å²) >= 11 is 0. The number of rotatable bonds is 2. The number of benzene rings is 1. The smallest absolute Gasteiger partial charge is 0.342 e. The van der Waals surface area contributed by atoms with E-state index in [0.717, 1.165) is 5.39 Å². The van der Waals surface area contributed by atoms with Gasteiger partial charge in [-0.3, -0.25) is 4.68 Å². The molecule has 6 nitrogen and oxygen atoms in total. The van der Waals surface area contributed by atoms with Crippen molar-refractivity contribution >= 4 is 10.9 Å². The zero-order valence-corrected chi connectivity index (χ0v) is 10.1.